The Morgan fingerprint density at radius 3 is 2.52 bits per heavy atom. The Morgan fingerprint density at radius 1 is 1.29 bits per heavy atom. The molecular formula is C16H21N3O2. The Hall–Kier alpha value is -2.14. The van der Waals surface area contributed by atoms with Gasteiger partial charge in [-0.2, -0.15) is 5.10 Å². The predicted molar refractivity (Wildman–Crippen MR) is 81.8 cm³/mol. The van der Waals surface area contributed by atoms with E-state index in [2.05, 4.69) is 24.3 Å². The molecule has 0 fully saturated rings. The number of carboxylic acids is 1. The second kappa shape index (κ2) is 6.54. The Balaban J connectivity index is 2.27. The average molecular weight is 287 g/mol. The van der Waals surface area contributed by atoms with Crippen LogP contribution in [-0.2, 0) is 17.8 Å². The van der Waals surface area contributed by atoms with Crippen LogP contribution in [0.1, 0.15) is 29.4 Å². The topological polar surface area (TPSA) is 67.2 Å². The summed E-state index contributed by atoms with van der Waals surface area (Å²) in [6.07, 6.45) is 0.0447. The number of aliphatic carboxylic acids is 1. The molecule has 0 unspecified atom stereocenters. The van der Waals surface area contributed by atoms with Crippen LogP contribution in [0.25, 0.3) is 5.69 Å². The first-order valence-electron chi connectivity index (χ1n) is 7.09. The van der Waals surface area contributed by atoms with Crippen LogP contribution in [0.4, 0.5) is 0 Å². The van der Waals surface area contributed by atoms with Crippen molar-refractivity contribution in [3.8, 4) is 5.69 Å². The third-order valence-electron chi connectivity index (χ3n) is 3.53. The smallest absolute Gasteiger partial charge is 0.307 e. The van der Waals surface area contributed by atoms with Crippen molar-refractivity contribution in [2.45, 2.75) is 33.7 Å². The lowest BCUT2D eigenvalue weighted by molar-refractivity contribution is -0.136. The van der Waals surface area contributed by atoms with Crippen LogP contribution in [0.15, 0.2) is 24.3 Å². The van der Waals surface area contributed by atoms with Crippen LogP contribution >= 0.6 is 0 Å². The van der Waals surface area contributed by atoms with Crippen molar-refractivity contribution in [2.24, 2.45) is 0 Å². The average Bonchev–Trinajstić information content (AvgIpc) is 2.72. The first kappa shape index (κ1) is 15.3. The number of aryl methyl sites for hydroxylation is 1. The van der Waals surface area contributed by atoms with Gasteiger partial charge in [0.05, 0.1) is 17.8 Å². The van der Waals surface area contributed by atoms with Gasteiger partial charge in [0, 0.05) is 17.8 Å². The minimum absolute atomic E-state index is 0.0447. The molecule has 0 bridgehead atoms. The van der Waals surface area contributed by atoms with E-state index in [0.717, 1.165) is 35.7 Å². The number of rotatable bonds is 6. The maximum atomic E-state index is 10.7. The van der Waals surface area contributed by atoms with E-state index < -0.39 is 5.97 Å². The highest BCUT2D eigenvalue weighted by atomic mass is 16.4. The van der Waals surface area contributed by atoms with Crippen molar-refractivity contribution in [3.63, 3.8) is 0 Å². The van der Waals surface area contributed by atoms with Crippen molar-refractivity contribution >= 4 is 5.97 Å². The Morgan fingerprint density at radius 2 is 1.95 bits per heavy atom. The zero-order valence-electron chi connectivity index (χ0n) is 12.7. The molecular weight excluding hydrogens is 266 g/mol. The van der Waals surface area contributed by atoms with Gasteiger partial charge in [-0.15, -0.1) is 0 Å². The largest absolute Gasteiger partial charge is 0.481 e. The molecule has 2 rings (SSSR count). The minimum Gasteiger partial charge on any atom is -0.481 e. The van der Waals surface area contributed by atoms with Crippen LogP contribution < -0.4 is 5.32 Å². The molecule has 5 heteroatoms. The summed E-state index contributed by atoms with van der Waals surface area (Å²) in [6.45, 7) is 7.88. The quantitative estimate of drug-likeness (QED) is 0.855. The van der Waals surface area contributed by atoms with Gasteiger partial charge in [0.15, 0.2) is 0 Å². The predicted octanol–water partition coefficient (Wildman–Crippen LogP) is 2.23. The molecule has 0 aliphatic heterocycles. The summed E-state index contributed by atoms with van der Waals surface area (Å²) in [7, 11) is 0. The Bertz CT molecular complexity index is 630. The SMILES string of the molecule is CCNCc1c(C)nn(-c2ccc(CC(=O)O)cc2)c1C. The highest BCUT2D eigenvalue weighted by molar-refractivity contribution is 5.70. The molecule has 5 nitrogen and oxygen atoms in total. The molecule has 0 saturated heterocycles. The van der Waals surface area contributed by atoms with Gasteiger partial charge < -0.3 is 10.4 Å². The minimum atomic E-state index is -0.818. The fourth-order valence-corrected chi connectivity index (χ4v) is 2.36. The normalized spacial score (nSPS) is 10.8. The Labute approximate surface area is 124 Å². The number of aromatic nitrogens is 2. The van der Waals surface area contributed by atoms with Gasteiger partial charge in [0.25, 0.3) is 0 Å². The molecule has 112 valence electrons. The van der Waals surface area contributed by atoms with Gasteiger partial charge >= 0.3 is 5.97 Å². The summed E-state index contributed by atoms with van der Waals surface area (Å²) in [5.74, 6) is -0.818. The number of hydrogen-bond donors (Lipinski definition) is 2. The van der Waals surface area contributed by atoms with Crippen LogP contribution in [-0.4, -0.2) is 27.4 Å². The highest BCUT2D eigenvalue weighted by Crippen LogP contribution is 2.18. The molecule has 0 spiro atoms. The lowest BCUT2D eigenvalue weighted by Gasteiger charge is -2.07. The van der Waals surface area contributed by atoms with Gasteiger partial charge in [0.1, 0.15) is 0 Å². The van der Waals surface area contributed by atoms with E-state index in [-0.39, 0.29) is 6.42 Å². The van der Waals surface area contributed by atoms with Gasteiger partial charge in [-0.25, -0.2) is 4.68 Å². The molecule has 21 heavy (non-hydrogen) atoms. The molecule has 1 heterocycles. The second-order valence-corrected chi connectivity index (χ2v) is 5.08. The zero-order valence-corrected chi connectivity index (χ0v) is 12.7. The molecule has 0 amide bonds. The first-order valence-corrected chi connectivity index (χ1v) is 7.09. The maximum absolute atomic E-state index is 10.7. The van der Waals surface area contributed by atoms with Crippen molar-refractivity contribution in [1.82, 2.24) is 15.1 Å². The third-order valence-corrected chi connectivity index (χ3v) is 3.53. The lowest BCUT2D eigenvalue weighted by Crippen LogP contribution is -2.13. The van der Waals surface area contributed by atoms with Gasteiger partial charge in [-0.3, -0.25) is 4.79 Å². The van der Waals surface area contributed by atoms with Crippen molar-refractivity contribution in [2.75, 3.05) is 6.54 Å². The number of nitrogens with zero attached hydrogens (tertiary/aromatic N) is 2. The van der Waals surface area contributed by atoms with Crippen molar-refractivity contribution < 1.29 is 9.90 Å². The van der Waals surface area contributed by atoms with Crippen LogP contribution in [0.5, 0.6) is 0 Å². The van der Waals surface area contributed by atoms with E-state index in [1.54, 1.807) is 0 Å². The lowest BCUT2D eigenvalue weighted by atomic mass is 10.1. The van der Waals surface area contributed by atoms with Gasteiger partial charge in [-0.1, -0.05) is 19.1 Å². The maximum Gasteiger partial charge on any atom is 0.307 e. The Kier molecular flexibility index (Phi) is 4.75. The number of benzene rings is 1. The molecule has 0 atom stereocenters. The number of carboxylic acid groups (broad SMARTS) is 1. The molecule has 1 aromatic heterocycles. The third kappa shape index (κ3) is 3.49. The monoisotopic (exact) mass is 287 g/mol. The molecule has 2 N–H and O–H groups in total. The summed E-state index contributed by atoms with van der Waals surface area (Å²) < 4.78 is 1.91. The first-order chi connectivity index (χ1) is 10.0. The molecule has 1 aromatic carbocycles. The molecule has 0 saturated carbocycles. The summed E-state index contributed by atoms with van der Waals surface area (Å²) in [5.41, 5.74) is 5.09. The summed E-state index contributed by atoms with van der Waals surface area (Å²) in [6, 6.07) is 7.50. The molecule has 2 aromatic rings. The van der Waals surface area contributed by atoms with Gasteiger partial charge in [0.2, 0.25) is 0 Å². The summed E-state index contributed by atoms with van der Waals surface area (Å²) >= 11 is 0. The number of hydrogen-bond acceptors (Lipinski definition) is 3. The van der Waals surface area contributed by atoms with Crippen LogP contribution in [0.3, 0.4) is 0 Å². The van der Waals surface area contributed by atoms with E-state index in [1.807, 2.05) is 35.9 Å². The zero-order chi connectivity index (χ0) is 15.4. The molecule has 0 aliphatic rings. The molecule has 0 radical (unpaired) electrons. The fourth-order valence-electron chi connectivity index (χ4n) is 2.36. The van der Waals surface area contributed by atoms with E-state index in [1.165, 1.54) is 5.56 Å². The van der Waals surface area contributed by atoms with E-state index in [0.29, 0.717) is 0 Å². The van der Waals surface area contributed by atoms with Gasteiger partial charge in [-0.05, 0) is 38.1 Å². The summed E-state index contributed by atoms with van der Waals surface area (Å²) in [5, 5.41) is 16.7. The van der Waals surface area contributed by atoms with E-state index in [9.17, 15) is 4.79 Å². The fraction of sp³-hybridized carbons (Fsp3) is 0.375. The van der Waals surface area contributed by atoms with Crippen LogP contribution in [0, 0.1) is 13.8 Å². The highest BCUT2D eigenvalue weighted by Gasteiger charge is 2.12. The van der Waals surface area contributed by atoms with Crippen LogP contribution in [0.2, 0.25) is 0 Å². The molecule has 0 aliphatic carbocycles. The standard InChI is InChI=1S/C16H21N3O2/c1-4-17-10-15-11(2)18-19(12(15)3)14-7-5-13(6-8-14)9-16(20)21/h5-8,17H,4,9-10H2,1-3H3,(H,20,21). The van der Waals surface area contributed by atoms with Crippen molar-refractivity contribution in [3.05, 3.63) is 46.8 Å². The summed E-state index contributed by atoms with van der Waals surface area (Å²) in [4.78, 5) is 10.7. The number of nitrogens with one attached hydrogen (secondary N) is 1. The second-order valence-electron chi connectivity index (χ2n) is 5.08. The number of carbonyl (C=O) groups is 1. The van der Waals surface area contributed by atoms with Crippen molar-refractivity contribution in [1.29, 1.82) is 0 Å². The van der Waals surface area contributed by atoms with E-state index >= 15 is 0 Å². The van der Waals surface area contributed by atoms with E-state index in [4.69, 9.17) is 5.11 Å².